The van der Waals surface area contributed by atoms with Gasteiger partial charge in [0.25, 0.3) is 0 Å². The summed E-state index contributed by atoms with van der Waals surface area (Å²) in [7, 11) is 0. The Hall–Kier alpha value is -1.93. The van der Waals surface area contributed by atoms with Gasteiger partial charge in [-0.2, -0.15) is 5.10 Å². The molecule has 0 saturated carbocycles. The summed E-state index contributed by atoms with van der Waals surface area (Å²) >= 11 is 18.9. The molecule has 10 heteroatoms. The van der Waals surface area contributed by atoms with Crippen molar-refractivity contribution in [2.75, 3.05) is 18.4 Å². The van der Waals surface area contributed by atoms with Crippen LogP contribution in [0.2, 0.25) is 0 Å². The van der Waals surface area contributed by atoms with Crippen LogP contribution in [0.1, 0.15) is 37.6 Å². The van der Waals surface area contributed by atoms with Gasteiger partial charge in [-0.25, -0.2) is 0 Å². The van der Waals surface area contributed by atoms with Gasteiger partial charge in [0.1, 0.15) is 0 Å². The molecule has 0 radical (unpaired) electrons. The van der Waals surface area contributed by atoms with Crippen molar-refractivity contribution >= 4 is 52.7 Å². The molecule has 1 aliphatic heterocycles. The Kier molecular flexibility index (Phi) is 8.11. The number of hydrogen-bond donors (Lipinski definition) is 3. The average molecular weight is 485 g/mol. The summed E-state index contributed by atoms with van der Waals surface area (Å²) in [6.45, 7) is 4.67. The lowest BCUT2D eigenvalue weighted by molar-refractivity contribution is 0.292. The zero-order valence-corrected chi connectivity index (χ0v) is 19.7. The first-order chi connectivity index (χ1) is 14.8. The van der Waals surface area contributed by atoms with E-state index >= 15 is 0 Å². The molecule has 31 heavy (non-hydrogen) atoms. The fourth-order valence-electron chi connectivity index (χ4n) is 3.73. The van der Waals surface area contributed by atoms with Crippen LogP contribution in [0.5, 0.6) is 0 Å². The van der Waals surface area contributed by atoms with Gasteiger partial charge in [-0.3, -0.25) is 4.90 Å². The van der Waals surface area contributed by atoms with Gasteiger partial charge in [0.15, 0.2) is 0 Å². The van der Waals surface area contributed by atoms with Crippen molar-refractivity contribution in [2.45, 2.75) is 42.6 Å². The van der Waals surface area contributed by atoms with E-state index in [1.165, 1.54) is 0 Å². The molecule has 0 amide bonds. The Morgan fingerprint density at radius 3 is 2.58 bits per heavy atom. The Bertz CT molecular complexity index is 912. The van der Waals surface area contributed by atoms with Gasteiger partial charge in [0, 0.05) is 42.4 Å². The number of rotatable bonds is 8. The van der Waals surface area contributed by atoms with Crippen LogP contribution in [0.4, 0.5) is 5.69 Å². The van der Waals surface area contributed by atoms with E-state index in [4.69, 9.17) is 46.3 Å². The van der Waals surface area contributed by atoms with Gasteiger partial charge in [0.05, 0.1) is 5.69 Å². The number of hydrogen-bond acceptors (Lipinski definition) is 4. The number of anilines is 1. The summed E-state index contributed by atoms with van der Waals surface area (Å²) in [6, 6.07) is 12.2. The van der Waals surface area contributed by atoms with E-state index in [0.29, 0.717) is 12.2 Å². The molecule has 7 nitrogen and oxygen atoms in total. The number of guanidine groups is 1. The number of halogens is 3. The summed E-state index contributed by atoms with van der Waals surface area (Å²) < 4.78 is 0.468. The SMILES string of the molecule is CCCNc1ccc(-n2c(CN3CCCC3/C=N/N=C(N)N)ccc2C(Cl)(Cl)Cl)cc1. The van der Waals surface area contributed by atoms with Crippen LogP contribution in [0.3, 0.4) is 0 Å². The summed E-state index contributed by atoms with van der Waals surface area (Å²) in [5.74, 6) is -0.0566. The second-order valence-corrected chi connectivity index (χ2v) is 9.77. The quantitative estimate of drug-likeness (QED) is 0.225. The minimum absolute atomic E-state index is 0.0566. The van der Waals surface area contributed by atoms with Crippen LogP contribution in [-0.2, 0) is 10.3 Å². The second kappa shape index (κ2) is 10.6. The molecule has 1 aromatic heterocycles. The predicted octanol–water partition coefficient (Wildman–Crippen LogP) is 4.35. The number of alkyl halides is 3. The number of nitrogens with zero attached hydrogens (tertiary/aromatic N) is 4. The summed E-state index contributed by atoms with van der Waals surface area (Å²) in [4.78, 5) is 2.32. The topological polar surface area (TPSA) is 97.0 Å². The van der Waals surface area contributed by atoms with Gasteiger partial charge in [-0.05, 0) is 62.2 Å². The fraction of sp³-hybridized carbons (Fsp3) is 0.429. The highest BCUT2D eigenvalue weighted by Gasteiger charge is 2.30. The largest absolute Gasteiger partial charge is 0.385 e. The first kappa shape index (κ1) is 23.7. The van der Waals surface area contributed by atoms with Crippen LogP contribution in [-0.4, -0.2) is 40.8 Å². The fourth-order valence-corrected chi connectivity index (χ4v) is 4.17. The molecular weight excluding hydrogens is 457 g/mol. The second-order valence-electron chi connectivity index (χ2n) is 7.49. The minimum Gasteiger partial charge on any atom is -0.385 e. The third kappa shape index (κ3) is 6.29. The first-order valence-corrected chi connectivity index (χ1v) is 11.4. The molecule has 0 spiro atoms. The highest BCUT2D eigenvalue weighted by molar-refractivity contribution is 6.66. The maximum atomic E-state index is 6.29. The van der Waals surface area contributed by atoms with Crippen molar-refractivity contribution < 1.29 is 0 Å². The van der Waals surface area contributed by atoms with E-state index in [2.05, 4.69) is 27.3 Å². The van der Waals surface area contributed by atoms with E-state index in [9.17, 15) is 0 Å². The van der Waals surface area contributed by atoms with Crippen molar-refractivity contribution in [1.29, 1.82) is 0 Å². The van der Waals surface area contributed by atoms with Crippen LogP contribution in [0.25, 0.3) is 5.69 Å². The Balaban J connectivity index is 1.88. The molecular formula is C21H28Cl3N7. The maximum absolute atomic E-state index is 6.29. The molecule has 2 heterocycles. The number of aromatic nitrogens is 1. The van der Waals surface area contributed by atoms with E-state index < -0.39 is 3.79 Å². The lowest BCUT2D eigenvalue weighted by atomic mass is 10.2. The van der Waals surface area contributed by atoms with Gasteiger partial charge < -0.3 is 21.4 Å². The Morgan fingerprint density at radius 2 is 1.94 bits per heavy atom. The molecule has 168 valence electrons. The highest BCUT2D eigenvalue weighted by Crippen LogP contribution is 2.40. The molecule has 1 unspecified atom stereocenters. The van der Waals surface area contributed by atoms with E-state index in [1.54, 1.807) is 6.21 Å². The van der Waals surface area contributed by atoms with Crippen LogP contribution in [0.15, 0.2) is 46.6 Å². The normalized spacial score (nSPS) is 17.4. The third-order valence-corrected chi connectivity index (χ3v) is 5.73. The Morgan fingerprint density at radius 1 is 1.19 bits per heavy atom. The molecule has 1 aromatic carbocycles. The maximum Gasteiger partial charge on any atom is 0.230 e. The molecule has 5 N–H and O–H groups in total. The van der Waals surface area contributed by atoms with Crippen LogP contribution >= 0.6 is 34.8 Å². The van der Waals surface area contributed by atoms with Gasteiger partial charge in [-0.1, -0.05) is 41.7 Å². The lowest BCUT2D eigenvalue weighted by Crippen LogP contribution is -2.31. The molecule has 0 bridgehead atoms. The third-order valence-electron chi connectivity index (χ3n) is 5.15. The summed E-state index contributed by atoms with van der Waals surface area (Å²) in [5.41, 5.74) is 14.3. The molecule has 1 atom stereocenters. The van der Waals surface area contributed by atoms with E-state index in [1.807, 2.05) is 41.0 Å². The molecule has 1 fully saturated rings. The average Bonchev–Trinajstić information content (AvgIpc) is 3.34. The zero-order chi connectivity index (χ0) is 22.4. The van der Waals surface area contributed by atoms with Gasteiger partial charge in [-0.15, -0.1) is 5.10 Å². The van der Waals surface area contributed by atoms with E-state index in [-0.39, 0.29) is 12.0 Å². The highest BCUT2D eigenvalue weighted by atomic mass is 35.6. The number of likely N-dealkylation sites (tertiary alicyclic amines) is 1. The minimum atomic E-state index is -1.55. The molecule has 3 rings (SSSR count). The summed E-state index contributed by atoms with van der Waals surface area (Å²) in [5, 5.41) is 11.1. The van der Waals surface area contributed by atoms with E-state index in [0.717, 1.165) is 49.4 Å². The van der Waals surface area contributed by atoms with Crippen molar-refractivity contribution in [3.8, 4) is 5.69 Å². The molecule has 0 aliphatic carbocycles. The van der Waals surface area contributed by atoms with Crippen molar-refractivity contribution in [2.24, 2.45) is 21.7 Å². The lowest BCUT2D eigenvalue weighted by Gasteiger charge is -2.24. The van der Waals surface area contributed by atoms with Crippen molar-refractivity contribution in [3.63, 3.8) is 0 Å². The molecule has 2 aromatic rings. The smallest absolute Gasteiger partial charge is 0.230 e. The van der Waals surface area contributed by atoms with Crippen molar-refractivity contribution in [3.05, 3.63) is 47.8 Å². The zero-order valence-electron chi connectivity index (χ0n) is 17.4. The van der Waals surface area contributed by atoms with Gasteiger partial charge >= 0.3 is 0 Å². The number of benzene rings is 1. The standard InChI is InChI=1S/C21H28Cl3N7/c1-2-11-27-15-5-7-16(8-6-15)31-18(9-10-19(31)21(22,23)24)14-30-12-3-4-17(30)13-28-29-20(25)26/h5-10,13,17,27H,2-4,11-12,14H2,1H3,(H4,25,26,29)/b28-13+. The summed E-state index contributed by atoms with van der Waals surface area (Å²) in [6.07, 6.45) is 4.89. The Labute approximate surface area is 198 Å². The van der Waals surface area contributed by atoms with Crippen molar-refractivity contribution in [1.82, 2.24) is 9.47 Å². The predicted molar refractivity (Wildman–Crippen MR) is 132 cm³/mol. The van der Waals surface area contributed by atoms with Crippen LogP contribution < -0.4 is 16.8 Å². The van der Waals surface area contributed by atoms with Gasteiger partial charge in [0.2, 0.25) is 9.75 Å². The van der Waals surface area contributed by atoms with Crippen LogP contribution in [0, 0.1) is 0 Å². The first-order valence-electron chi connectivity index (χ1n) is 10.3. The number of nitrogens with one attached hydrogen (secondary N) is 1. The number of nitrogens with two attached hydrogens (primary N) is 2. The molecule has 1 aliphatic rings. The monoisotopic (exact) mass is 483 g/mol. The molecule has 1 saturated heterocycles.